The van der Waals surface area contributed by atoms with Gasteiger partial charge in [0.05, 0.1) is 6.20 Å². The van der Waals surface area contributed by atoms with E-state index in [2.05, 4.69) is 25.6 Å². The number of nitrogens with one attached hydrogen (secondary N) is 1. The Morgan fingerprint density at radius 2 is 2.00 bits per heavy atom. The lowest BCUT2D eigenvalue weighted by Crippen LogP contribution is -2.10. The van der Waals surface area contributed by atoms with Crippen molar-refractivity contribution >= 4 is 5.95 Å². The van der Waals surface area contributed by atoms with Crippen LogP contribution in [0.5, 0.6) is 0 Å². The van der Waals surface area contributed by atoms with Gasteiger partial charge in [0.15, 0.2) is 0 Å². The summed E-state index contributed by atoms with van der Waals surface area (Å²) in [5, 5.41) is 10.9. The molecule has 6 nitrogen and oxygen atoms in total. The molecule has 0 unspecified atom stereocenters. The van der Waals surface area contributed by atoms with E-state index in [9.17, 15) is 0 Å². The summed E-state index contributed by atoms with van der Waals surface area (Å²) in [5.41, 5.74) is 1.97. The average Bonchev–Trinajstić information content (AvgIpc) is 2.76. The molecule has 0 amide bonds. The summed E-state index contributed by atoms with van der Waals surface area (Å²) in [6, 6.07) is 1.96. The van der Waals surface area contributed by atoms with Crippen LogP contribution in [-0.2, 0) is 6.54 Å². The van der Waals surface area contributed by atoms with Gasteiger partial charge >= 0.3 is 0 Å². The predicted molar refractivity (Wildman–Crippen MR) is 64.6 cm³/mol. The van der Waals surface area contributed by atoms with E-state index in [1.54, 1.807) is 6.20 Å². The van der Waals surface area contributed by atoms with Crippen LogP contribution in [0, 0.1) is 13.8 Å². The summed E-state index contributed by atoms with van der Waals surface area (Å²) < 4.78 is 1.81. The summed E-state index contributed by atoms with van der Waals surface area (Å²) in [6.07, 6.45) is 4.49. The summed E-state index contributed by atoms with van der Waals surface area (Å²) in [7, 11) is 0. The van der Waals surface area contributed by atoms with Gasteiger partial charge in [-0.15, -0.1) is 5.10 Å². The molecule has 0 aliphatic heterocycles. The van der Waals surface area contributed by atoms with E-state index >= 15 is 0 Å². The smallest absolute Gasteiger partial charge is 0.223 e. The summed E-state index contributed by atoms with van der Waals surface area (Å²) >= 11 is 0. The normalized spacial score (nSPS) is 10.5. The van der Waals surface area contributed by atoms with Gasteiger partial charge in [-0.1, -0.05) is 5.21 Å². The van der Waals surface area contributed by atoms with Crippen LogP contribution in [0.3, 0.4) is 0 Å². The van der Waals surface area contributed by atoms with Crippen LogP contribution in [0.2, 0.25) is 0 Å². The minimum absolute atomic E-state index is 0.695. The fraction of sp³-hybridized carbons (Fsp3) is 0.455. The monoisotopic (exact) mass is 232 g/mol. The number of rotatable bonds is 5. The second kappa shape index (κ2) is 5.38. The molecule has 0 aliphatic carbocycles. The molecule has 1 N–H and O–H groups in total. The first-order valence-electron chi connectivity index (χ1n) is 5.64. The van der Waals surface area contributed by atoms with Gasteiger partial charge in [0.2, 0.25) is 5.95 Å². The Labute approximate surface area is 100 Å². The Kier molecular flexibility index (Phi) is 3.64. The lowest BCUT2D eigenvalue weighted by Gasteiger charge is -2.06. The van der Waals surface area contributed by atoms with Crippen molar-refractivity contribution in [2.24, 2.45) is 0 Å². The van der Waals surface area contributed by atoms with Crippen molar-refractivity contribution < 1.29 is 0 Å². The molecule has 2 heterocycles. The largest absolute Gasteiger partial charge is 0.354 e. The number of anilines is 1. The molecule has 2 aromatic rings. The summed E-state index contributed by atoms with van der Waals surface area (Å²) in [4.78, 5) is 8.62. The molecular formula is C11H16N6. The SMILES string of the molecule is Cc1cc(C)nc(NCCCn2ccnn2)n1. The number of hydrogen-bond donors (Lipinski definition) is 1. The number of aromatic nitrogens is 5. The van der Waals surface area contributed by atoms with Gasteiger partial charge < -0.3 is 5.32 Å². The molecule has 0 aliphatic rings. The van der Waals surface area contributed by atoms with Crippen LogP contribution in [0.1, 0.15) is 17.8 Å². The van der Waals surface area contributed by atoms with Crippen LogP contribution in [-0.4, -0.2) is 31.5 Å². The number of nitrogens with zero attached hydrogens (tertiary/aromatic N) is 5. The van der Waals surface area contributed by atoms with Gasteiger partial charge in [0.25, 0.3) is 0 Å². The molecule has 0 atom stereocenters. The van der Waals surface area contributed by atoms with Crippen LogP contribution >= 0.6 is 0 Å². The lowest BCUT2D eigenvalue weighted by atomic mass is 10.3. The standard InChI is InChI=1S/C11H16N6/c1-9-8-10(2)15-11(14-9)12-4-3-6-17-7-5-13-16-17/h5,7-8H,3-4,6H2,1-2H3,(H,12,14,15). The Morgan fingerprint density at radius 1 is 1.24 bits per heavy atom. The topological polar surface area (TPSA) is 68.5 Å². The Hall–Kier alpha value is -1.98. The Balaban J connectivity index is 1.78. The zero-order valence-electron chi connectivity index (χ0n) is 10.1. The maximum Gasteiger partial charge on any atom is 0.223 e. The van der Waals surface area contributed by atoms with Crippen molar-refractivity contribution in [2.75, 3.05) is 11.9 Å². The summed E-state index contributed by atoms with van der Waals surface area (Å²) in [5.74, 6) is 0.695. The zero-order valence-corrected chi connectivity index (χ0v) is 10.1. The van der Waals surface area contributed by atoms with E-state index in [1.807, 2.05) is 30.8 Å². The third kappa shape index (κ3) is 3.51. The fourth-order valence-electron chi connectivity index (χ4n) is 1.60. The van der Waals surface area contributed by atoms with Crippen LogP contribution < -0.4 is 5.32 Å². The van der Waals surface area contributed by atoms with Gasteiger partial charge in [-0.3, -0.25) is 4.68 Å². The third-order valence-electron chi connectivity index (χ3n) is 2.30. The van der Waals surface area contributed by atoms with Gasteiger partial charge in [0, 0.05) is 30.7 Å². The first-order valence-corrected chi connectivity index (χ1v) is 5.64. The molecule has 2 rings (SSSR count). The fourth-order valence-corrected chi connectivity index (χ4v) is 1.60. The molecule has 0 radical (unpaired) electrons. The zero-order chi connectivity index (χ0) is 12.1. The molecule has 0 fully saturated rings. The highest BCUT2D eigenvalue weighted by molar-refractivity contribution is 5.27. The highest BCUT2D eigenvalue weighted by Crippen LogP contribution is 2.03. The van der Waals surface area contributed by atoms with Crippen molar-refractivity contribution in [1.29, 1.82) is 0 Å². The maximum atomic E-state index is 4.31. The average molecular weight is 232 g/mol. The van der Waals surface area contributed by atoms with E-state index in [0.29, 0.717) is 5.95 Å². The van der Waals surface area contributed by atoms with Gasteiger partial charge in [0.1, 0.15) is 0 Å². The lowest BCUT2D eigenvalue weighted by molar-refractivity contribution is 0.569. The molecule has 17 heavy (non-hydrogen) atoms. The van der Waals surface area contributed by atoms with Crippen molar-refractivity contribution in [3.63, 3.8) is 0 Å². The molecule has 2 aromatic heterocycles. The van der Waals surface area contributed by atoms with Gasteiger partial charge in [-0.05, 0) is 26.3 Å². The molecule has 6 heteroatoms. The second-order valence-electron chi connectivity index (χ2n) is 3.92. The molecule has 0 saturated heterocycles. The molecule has 0 saturated carbocycles. The number of hydrogen-bond acceptors (Lipinski definition) is 5. The Bertz CT molecular complexity index is 445. The van der Waals surface area contributed by atoms with E-state index < -0.39 is 0 Å². The molecule has 0 bridgehead atoms. The minimum Gasteiger partial charge on any atom is -0.354 e. The molecule has 0 aromatic carbocycles. The summed E-state index contributed by atoms with van der Waals surface area (Å²) in [6.45, 7) is 5.60. The van der Waals surface area contributed by atoms with E-state index in [4.69, 9.17) is 0 Å². The maximum absolute atomic E-state index is 4.31. The van der Waals surface area contributed by atoms with Crippen LogP contribution in [0.25, 0.3) is 0 Å². The minimum atomic E-state index is 0.695. The van der Waals surface area contributed by atoms with Gasteiger partial charge in [-0.25, -0.2) is 9.97 Å². The number of aryl methyl sites for hydroxylation is 3. The third-order valence-corrected chi connectivity index (χ3v) is 2.30. The Morgan fingerprint density at radius 3 is 2.65 bits per heavy atom. The highest BCUT2D eigenvalue weighted by atomic mass is 15.4. The van der Waals surface area contributed by atoms with Crippen molar-refractivity contribution in [2.45, 2.75) is 26.8 Å². The van der Waals surface area contributed by atoms with Crippen molar-refractivity contribution in [3.8, 4) is 0 Å². The van der Waals surface area contributed by atoms with Crippen molar-refractivity contribution in [3.05, 3.63) is 29.8 Å². The first-order chi connectivity index (χ1) is 8.24. The van der Waals surface area contributed by atoms with Gasteiger partial charge in [-0.2, -0.15) is 0 Å². The molecule has 0 spiro atoms. The first kappa shape index (κ1) is 11.5. The van der Waals surface area contributed by atoms with Crippen molar-refractivity contribution in [1.82, 2.24) is 25.0 Å². The quantitative estimate of drug-likeness (QED) is 0.784. The second-order valence-corrected chi connectivity index (χ2v) is 3.92. The van der Waals surface area contributed by atoms with Crippen LogP contribution in [0.4, 0.5) is 5.95 Å². The molecule has 90 valence electrons. The van der Waals surface area contributed by atoms with Crippen LogP contribution in [0.15, 0.2) is 18.5 Å². The highest BCUT2D eigenvalue weighted by Gasteiger charge is 1.98. The van der Waals surface area contributed by atoms with E-state index in [0.717, 1.165) is 30.9 Å². The van der Waals surface area contributed by atoms with E-state index in [-0.39, 0.29) is 0 Å². The van der Waals surface area contributed by atoms with E-state index in [1.165, 1.54) is 0 Å². The molecular weight excluding hydrogens is 216 g/mol. The predicted octanol–water partition coefficient (Wildman–Crippen LogP) is 1.19.